The SMILES string of the molecule is CCOC(=O)N1CCN(c2nccc(C(=O)N3CCN(CC)CC3)n2)CC1. The first-order chi connectivity index (χ1) is 13.1. The predicted molar refractivity (Wildman–Crippen MR) is 101 cm³/mol. The van der Waals surface area contributed by atoms with E-state index in [1.54, 1.807) is 24.1 Å². The molecule has 0 N–H and O–H groups in total. The van der Waals surface area contributed by atoms with Gasteiger partial charge < -0.3 is 24.3 Å². The lowest BCUT2D eigenvalue weighted by Gasteiger charge is -2.35. The Morgan fingerprint density at radius 3 is 2.30 bits per heavy atom. The fourth-order valence-corrected chi connectivity index (χ4v) is 3.35. The maximum absolute atomic E-state index is 12.8. The molecule has 27 heavy (non-hydrogen) atoms. The fourth-order valence-electron chi connectivity index (χ4n) is 3.35. The predicted octanol–water partition coefficient (Wildman–Crippen LogP) is 0.533. The van der Waals surface area contributed by atoms with Crippen LogP contribution < -0.4 is 4.90 Å². The van der Waals surface area contributed by atoms with Gasteiger partial charge in [0.05, 0.1) is 6.61 Å². The second-order valence-corrected chi connectivity index (χ2v) is 6.64. The van der Waals surface area contributed by atoms with E-state index in [9.17, 15) is 9.59 Å². The van der Waals surface area contributed by atoms with Crippen molar-refractivity contribution >= 4 is 17.9 Å². The molecule has 148 valence electrons. The van der Waals surface area contributed by atoms with E-state index < -0.39 is 0 Å². The molecule has 0 unspecified atom stereocenters. The van der Waals surface area contributed by atoms with E-state index in [0.29, 0.717) is 44.4 Å². The van der Waals surface area contributed by atoms with Crippen LogP contribution >= 0.6 is 0 Å². The zero-order valence-electron chi connectivity index (χ0n) is 16.1. The van der Waals surface area contributed by atoms with Gasteiger partial charge in [0.2, 0.25) is 5.95 Å². The third-order valence-corrected chi connectivity index (χ3v) is 5.06. The van der Waals surface area contributed by atoms with Gasteiger partial charge in [-0.3, -0.25) is 4.79 Å². The molecule has 9 nitrogen and oxygen atoms in total. The smallest absolute Gasteiger partial charge is 0.409 e. The molecule has 0 radical (unpaired) electrons. The number of hydrogen-bond donors (Lipinski definition) is 0. The Bertz CT molecular complexity index is 654. The van der Waals surface area contributed by atoms with Crippen LogP contribution in [-0.4, -0.2) is 102 Å². The molecule has 3 heterocycles. The molecule has 1 aromatic rings. The normalized spacial score (nSPS) is 18.5. The first kappa shape index (κ1) is 19.3. The Kier molecular flexibility index (Phi) is 6.44. The zero-order valence-corrected chi connectivity index (χ0v) is 16.1. The molecule has 9 heteroatoms. The lowest BCUT2D eigenvalue weighted by atomic mass is 10.2. The number of nitrogens with zero attached hydrogens (tertiary/aromatic N) is 6. The van der Waals surface area contributed by atoms with Crippen LogP contribution in [0.2, 0.25) is 0 Å². The highest BCUT2D eigenvalue weighted by Gasteiger charge is 2.26. The molecule has 0 spiro atoms. The number of carbonyl (C=O) groups excluding carboxylic acids is 2. The van der Waals surface area contributed by atoms with Gasteiger partial charge in [-0.05, 0) is 19.5 Å². The van der Waals surface area contributed by atoms with Crippen LogP contribution in [0.3, 0.4) is 0 Å². The first-order valence-corrected chi connectivity index (χ1v) is 9.63. The number of likely N-dealkylation sites (N-methyl/N-ethyl adjacent to an activating group) is 1. The average molecular weight is 376 g/mol. The number of aromatic nitrogens is 2. The van der Waals surface area contributed by atoms with Crippen molar-refractivity contribution in [2.45, 2.75) is 13.8 Å². The van der Waals surface area contributed by atoms with E-state index in [1.807, 2.05) is 9.80 Å². The van der Waals surface area contributed by atoms with Crippen molar-refractivity contribution in [1.29, 1.82) is 0 Å². The number of anilines is 1. The van der Waals surface area contributed by atoms with Gasteiger partial charge in [0.25, 0.3) is 5.91 Å². The molecule has 0 bridgehead atoms. The maximum Gasteiger partial charge on any atom is 0.409 e. The standard InChI is InChI=1S/C18H28N6O3/c1-3-21-7-9-22(10-8-21)16(25)15-5-6-19-17(20-15)23-11-13-24(14-12-23)18(26)27-4-2/h5-6H,3-4,7-14H2,1-2H3. The highest BCUT2D eigenvalue weighted by molar-refractivity contribution is 5.92. The minimum Gasteiger partial charge on any atom is -0.450 e. The van der Waals surface area contributed by atoms with Crippen molar-refractivity contribution in [1.82, 2.24) is 24.7 Å². The summed E-state index contributed by atoms with van der Waals surface area (Å²) in [7, 11) is 0. The molecular weight excluding hydrogens is 348 g/mol. The molecule has 0 saturated carbocycles. The Morgan fingerprint density at radius 2 is 1.67 bits per heavy atom. The number of ether oxygens (including phenoxy) is 1. The van der Waals surface area contributed by atoms with Crippen LogP contribution in [-0.2, 0) is 4.74 Å². The second kappa shape index (κ2) is 8.98. The van der Waals surface area contributed by atoms with E-state index in [1.165, 1.54) is 0 Å². The van der Waals surface area contributed by atoms with Gasteiger partial charge in [-0.1, -0.05) is 6.92 Å². The summed E-state index contributed by atoms with van der Waals surface area (Å²) in [6, 6.07) is 1.67. The molecule has 1 aromatic heterocycles. The van der Waals surface area contributed by atoms with E-state index in [4.69, 9.17) is 4.74 Å². The van der Waals surface area contributed by atoms with Gasteiger partial charge in [0.1, 0.15) is 5.69 Å². The van der Waals surface area contributed by atoms with Crippen molar-refractivity contribution in [3.05, 3.63) is 18.0 Å². The van der Waals surface area contributed by atoms with Crippen LogP contribution in [0.4, 0.5) is 10.7 Å². The Morgan fingerprint density at radius 1 is 1.00 bits per heavy atom. The summed E-state index contributed by atoms with van der Waals surface area (Å²) >= 11 is 0. The molecule has 3 rings (SSSR count). The van der Waals surface area contributed by atoms with Crippen LogP contribution in [0.25, 0.3) is 0 Å². The van der Waals surface area contributed by atoms with Gasteiger partial charge >= 0.3 is 6.09 Å². The highest BCUT2D eigenvalue weighted by Crippen LogP contribution is 2.14. The number of rotatable bonds is 4. The van der Waals surface area contributed by atoms with Crippen LogP contribution in [0.1, 0.15) is 24.3 Å². The third kappa shape index (κ3) is 4.65. The summed E-state index contributed by atoms with van der Waals surface area (Å²) in [5.41, 5.74) is 0.428. The Balaban J connectivity index is 1.59. The summed E-state index contributed by atoms with van der Waals surface area (Å²) in [6.07, 6.45) is 1.35. The maximum atomic E-state index is 12.8. The van der Waals surface area contributed by atoms with Crippen molar-refractivity contribution < 1.29 is 14.3 Å². The van der Waals surface area contributed by atoms with Gasteiger partial charge in [-0.2, -0.15) is 0 Å². The van der Waals surface area contributed by atoms with Gasteiger partial charge in [0.15, 0.2) is 0 Å². The lowest BCUT2D eigenvalue weighted by Crippen LogP contribution is -2.50. The Labute approximate surface area is 159 Å². The number of piperazine rings is 2. The molecule has 2 aliphatic heterocycles. The van der Waals surface area contributed by atoms with Gasteiger partial charge in [0, 0.05) is 58.6 Å². The third-order valence-electron chi connectivity index (χ3n) is 5.06. The first-order valence-electron chi connectivity index (χ1n) is 9.63. The summed E-state index contributed by atoms with van der Waals surface area (Å²) in [6.45, 7) is 10.9. The number of amides is 2. The van der Waals surface area contributed by atoms with E-state index in [0.717, 1.165) is 32.7 Å². The van der Waals surface area contributed by atoms with E-state index in [2.05, 4.69) is 21.8 Å². The number of carbonyl (C=O) groups is 2. The quantitative estimate of drug-likeness (QED) is 0.758. The molecule has 2 fully saturated rings. The topological polar surface area (TPSA) is 82.1 Å². The van der Waals surface area contributed by atoms with Crippen molar-refractivity contribution in [3.63, 3.8) is 0 Å². The van der Waals surface area contributed by atoms with Crippen LogP contribution in [0, 0.1) is 0 Å². The highest BCUT2D eigenvalue weighted by atomic mass is 16.6. The number of hydrogen-bond acceptors (Lipinski definition) is 7. The molecule has 0 atom stereocenters. The zero-order chi connectivity index (χ0) is 19.2. The van der Waals surface area contributed by atoms with Gasteiger partial charge in [-0.25, -0.2) is 14.8 Å². The minimum absolute atomic E-state index is 0.0421. The van der Waals surface area contributed by atoms with E-state index in [-0.39, 0.29) is 12.0 Å². The summed E-state index contributed by atoms with van der Waals surface area (Å²) in [5, 5.41) is 0. The molecular formula is C18H28N6O3. The summed E-state index contributed by atoms with van der Waals surface area (Å²) < 4.78 is 5.04. The molecule has 2 aliphatic rings. The van der Waals surface area contributed by atoms with Crippen molar-refractivity contribution in [2.24, 2.45) is 0 Å². The van der Waals surface area contributed by atoms with Gasteiger partial charge in [-0.15, -0.1) is 0 Å². The molecule has 0 aliphatic carbocycles. The molecule has 2 amide bonds. The average Bonchev–Trinajstić information content (AvgIpc) is 2.73. The monoisotopic (exact) mass is 376 g/mol. The van der Waals surface area contributed by atoms with Crippen LogP contribution in [0.5, 0.6) is 0 Å². The van der Waals surface area contributed by atoms with Crippen LogP contribution in [0.15, 0.2) is 12.3 Å². The molecule has 2 saturated heterocycles. The summed E-state index contributed by atoms with van der Waals surface area (Å²) in [5.74, 6) is 0.496. The summed E-state index contributed by atoms with van der Waals surface area (Å²) in [4.78, 5) is 41.3. The minimum atomic E-state index is -0.284. The van der Waals surface area contributed by atoms with Crippen molar-refractivity contribution in [2.75, 3.05) is 70.4 Å². The second-order valence-electron chi connectivity index (χ2n) is 6.64. The van der Waals surface area contributed by atoms with E-state index >= 15 is 0 Å². The fraction of sp³-hybridized carbons (Fsp3) is 0.667. The Hall–Kier alpha value is -2.42. The van der Waals surface area contributed by atoms with Crippen molar-refractivity contribution in [3.8, 4) is 0 Å². The largest absolute Gasteiger partial charge is 0.450 e. The lowest BCUT2D eigenvalue weighted by molar-refractivity contribution is 0.0637. The molecule has 0 aromatic carbocycles.